The molecular formula is C11H19N5O3. The van der Waals surface area contributed by atoms with Gasteiger partial charge >= 0.3 is 5.97 Å². The van der Waals surface area contributed by atoms with Gasteiger partial charge in [0.15, 0.2) is 0 Å². The van der Waals surface area contributed by atoms with Crippen LogP contribution >= 0.6 is 0 Å². The molecule has 0 saturated heterocycles. The number of hydrogen-bond acceptors (Lipinski definition) is 5. The number of carbonyl (C=O) groups is 2. The molecule has 0 aromatic carbocycles. The van der Waals surface area contributed by atoms with Crippen LogP contribution in [-0.2, 0) is 22.7 Å². The Bertz CT molecular complexity index is 428. The molecule has 0 fully saturated rings. The number of carbonyl (C=O) groups excluding carboxylic acids is 1. The van der Waals surface area contributed by atoms with Crippen molar-refractivity contribution in [3.05, 3.63) is 11.9 Å². The topological polar surface area (TPSA) is 123 Å². The van der Waals surface area contributed by atoms with Crippen LogP contribution < -0.4 is 11.1 Å². The maximum Gasteiger partial charge on any atom is 0.325 e. The van der Waals surface area contributed by atoms with Crippen LogP contribution in [0.4, 0.5) is 0 Å². The molecule has 1 aromatic rings. The number of amides is 1. The van der Waals surface area contributed by atoms with Crippen molar-refractivity contribution in [2.45, 2.75) is 32.9 Å². The highest BCUT2D eigenvalue weighted by Crippen LogP contribution is 2.05. The second kappa shape index (κ2) is 7.47. The summed E-state index contributed by atoms with van der Waals surface area (Å²) in [6, 6.07) is 0. The Morgan fingerprint density at radius 3 is 2.89 bits per heavy atom. The van der Waals surface area contributed by atoms with Crippen LogP contribution in [0.2, 0.25) is 0 Å². The first-order valence-electron chi connectivity index (χ1n) is 6.12. The van der Waals surface area contributed by atoms with Gasteiger partial charge in [-0.05, 0) is 12.5 Å². The molecule has 4 N–H and O–H groups in total. The summed E-state index contributed by atoms with van der Waals surface area (Å²) in [7, 11) is 0. The Labute approximate surface area is 111 Å². The molecule has 0 bridgehead atoms. The van der Waals surface area contributed by atoms with Gasteiger partial charge in [-0.15, -0.1) is 5.10 Å². The predicted octanol–water partition coefficient (Wildman–Crippen LogP) is -0.646. The lowest BCUT2D eigenvalue weighted by Gasteiger charge is -2.11. The number of aliphatic carboxylic acids is 1. The number of aromatic nitrogens is 3. The molecule has 106 valence electrons. The third-order valence-corrected chi connectivity index (χ3v) is 2.73. The van der Waals surface area contributed by atoms with Crippen molar-refractivity contribution in [2.75, 3.05) is 6.54 Å². The summed E-state index contributed by atoms with van der Waals surface area (Å²) in [5, 5.41) is 18.7. The summed E-state index contributed by atoms with van der Waals surface area (Å²) >= 11 is 0. The smallest absolute Gasteiger partial charge is 0.325 e. The number of hydrogen-bond donors (Lipinski definition) is 3. The van der Waals surface area contributed by atoms with Crippen molar-refractivity contribution in [1.82, 2.24) is 20.3 Å². The molecule has 0 aliphatic rings. The Hall–Kier alpha value is -1.96. The van der Waals surface area contributed by atoms with E-state index in [0.29, 0.717) is 18.7 Å². The summed E-state index contributed by atoms with van der Waals surface area (Å²) < 4.78 is 1.21. The molecule has 1 rings (SSSR count). The first-order chi connectivity index (χ1) is 9.05. The maximum atomic E-state index is 11.6. The number of nitrogens with one attached hydrogen (secondary N) is 1. The highest BCUT2D eigenvalue weighted by atomic mass is 16.4. The van der Waals surface area contributed by atoms with Crippen molar-refractivity contribution in [3.8, 4) is 0 Å². The molecule has 8 nitrogen and oxygen atoms in total. The van der Waals surface area contributed by atoms with E-state index in [-0.39, 0.29) is 24.9 Å². The van der Waals surface area contributed by atoms with Gasteiger partial charge in [-0.3, -0.25) is 9.59 Å². The van der Waals surface area contributed by atoms with Crippen LogP contribution in [-0.4, -0.2) is 38.5 Å². The van der Waals surface area contributed by atoms with E-state index in [4.69, 9.17) is 10.8 Å². The highest BCUT2D eigenvalue weighted by molar-refractivity contribution is 5.76. The minimum Gasteiger partial charge on any atom is -0.480 e. The van der Waals surface area contributed by atoms with Crippen molar-refractivity contribution in [1.29, 1.82) is 0 Å². The summed E-state index contributed by atoms with van der Waals surface area (Å²) in [6.45, 7) is 2.46. The molecule has 8 heteroatoms. The minimum atomic E-state index is -0.991. The molecule has 0 aliphatic carbocycles. The lowest BCUT2D eigenvalue weighted by atomic mass is 10.0. The Morgan fingerprint density at radius 1 is 1.58 bits per heavy atom. The lowest BCUT2D eigenvalue weighted by Crippen LogP contribution is -2.27. The van der Waals surface area contributed by atoms with E-state index in [1.165, 1.54) is 10.9 Å². The summed E-state index contributed by atoms with van der Waals surface area (Å²) in [6.07, 6.45) is 2.74. The Balaban J connectivity index is 2.37. The van der Waals surface area contributed by atoms with E-state index in [9.17, 15) is 9.59 Å². The first-order valence-corrected chi connectivity index (χ1v) is 6.12. The quantitative estimate of drug-likeness (QED) is 0.576. The van der Waals surface area contributed by atoms with E-state index in [1.54, 1.807) is 0 Å². The largest absolute Gasteiger partial charge is 0.480 e. The second-order valence-electron chi connectivity index (χ2n) is 4.29. The van der Waals surface area contributed by atoms with Crippen LogP contribution in [0.25, 0.3) is 0 Å². The zero-order valence-electron chi connectivity index (χ0n) is 10.9. The molecule has 1 unspecified atom stereocenters. The van der Waals surface area contributed by atoms with Crippen LogP contribution in [0.15, 0.2) is 6.20 Å². The van der Waals surface area contributed by atoms with Crippen molar-refractivity contribution < 1.29 is 14.7 Å². The van der Waals surface area contributed by atoms with Gasteiger partial charge < -0.3 is 16.2 Å². The fraction of sp³-hybridized carbons (Fsp3) is 0.636. The predicted molar refractivity (Wildman–Crippen MR) is 67.0 cm³/mol. The van der Waals surface area contributed by atoms with Crippen LogP contribution in [0, 0.1) is 5.92 Å². The molecule has 0 spiro atoms. The summed E-state index contributed by atoms with van der Waals surface area (Å²) in [4.78, 5) is 22.1. The van der Waals surface area contributed by atoms with Crippen LogP contribution in [0.3, 0.4) is 0 Å². The fourth-order valence-corrected chi connectivity index (χ4v) is 1.55. The summed E-state index contributed by atoms with van der Waals surface area (Å²) in [5.41, 5.74) is 6.05. The molecular weight excluding hydrogens is 250 g/mol. The molecule has 1 aromatic heterocycles. The zero-order valence-corrected chi connectivity index (χ0v) is 10.9. The number of nitrogens with two attached hydrogens (primary N) is 1. The van der Waals surface area contributed by atoms with Crippen molar-refractivity contribution >= 4 is 11.9 Å². The first kappa shape index (κ1) is 15.1. The van der Waals surface area contributed by atoms with Gasteiger partial charge in [0.05, 0.1) is 12.7 Å². The van der Waals surface area contributed by atoms with E-state index in [1.807, 2.05) is 6.92 Å². The zero-order chi connectivity index (χ0) is 14.3. The van der Waals surface area contributed by atoms with Crippen molar-refractivity contribution in [3.63, 3.8) is 0 Å². The molecule has 1 atom stereocenters. The third kappa shape index (κ3) is 5.47. The summed E-state index contributed by atoms with van der Waals surface area (Å²) in [5.74, 6) is -0.901. The normalized spacial score (nSPS) is 12.1. The molecule has 1 heterocycles. The van der Waals surface area contributed by atoms with Crippen LogP contribution in [0.5, 0.6) is 0 Å². The third-order valence-electron chi connectivity index (χ3n) is 2.73. The van der Waals surface area contributed by atoms with E-state index in [0.717, 1.165) is 6.42 Å². The number of carboxylic acids is 1. The van der Waals surface area contributed by atoms with Gasteiger partial charge in [-0.25, -0.2) is 4.68 Å². The standard InChI is InChI=1S/C11H19N5O3/c1-2-8(4-12)3-10(17)13-5-9-6-16(15-14-9)7-11(18)19/h6,8H,2-5,7,12H2,1H3,(H,13,17)(H,18,19). The van der Waals surface area contributed by atoms with E-state index in [2.05, 4.69) is 15.6 Å². The molecule has 0 aliphatic heterocycles. The molecule has 0 saturated carbocycles. The molecule has 0 radical (unpaired) electrons. The number of rotatable bonds is 8. The van der Waals surface area contributed by atoms with Gasteiger partial charge in [0, 0.05) is 6.42 Å². The Kier molecular flexibility index (Phi) is 5.94. The number of nitrogens with zero attached hydrogens (tertiary/aromatic N) is 3. The van der Waals surface area contributed by atoms with Gasteiger partial charge in [0.2, 0.25) is 5.91 Å². The van der Waals surface area contributed by atoms with E-state index >= 15 is 0 Å². The SMILES string of the molecule is CCC(CN)CC(=O)NCc1cn(CC(=O)O)nn1. The molecule has 1 amide bonds. The molecule has 19 heavy (non-hydrogen) atoms. The van der Waals surface area contributed by atoms with Gasteiger partial charge in [-0.1, -0.05) is 18.6 Å². The Morgan fingerprint density at radius 2 is 2.32 bits per heavy atom. The monoisotopic (exact) mass is 269 g/mol. The average Bonchev–Trinajstić information content (AvgIpc) is 2.80. The van der Waals surface area contributed by atoms with E-state index < -0.39 is 5.97 Å². The van der Waals surface area contributed by atoms with Gasteiger partial charge in [0.1, 0.15) is 12.2 Å². The highest BCUT2D eigenvalue weighted by Gasteiger charge is 2.11. The lowest BCUT2D eigenvalue weighted by molar-refractivity contribution is -0.138. The second-order valence-corrected chi connectivity index (χ2v) is 4.29. The minimum absolute atomic E-state index is 0.0925. The fourth-order valence-electron chi connectivity index (χ4n) is 1.55. The van der Waals surface area contributed by atoms with Crippen molar-refractivity contribution in [2.24, 2.45) is 11.7 Å². The van der Waals surface area contributed by atoms with Gasteiger partial charge in [-0.2, -0.15) is 0 Å². The maximum absolute atomic E-state index is 11.6. The van der Waals surface area contributed by atoms with Gasteiger partial charge in [0.25, 0.3) is 0 Å². The van der Waals surface area contributed by atoms with Crippen LogP contribution in [0.1, 0.15) is 25.5 Å². The number of carboxylic acid groups (broad SMARTS) is 1. The average molecular weight is 269 g/mol.